The first-order chi connectivity index (χ1) is 4.63. The van der Waals surface area contributed by atoms with E-state index in [9.17, 15) is 0 Å². The van der Waals surface area contributed by atoms with E-state index in [2.05, 4.69) is 5.32 Å². The Morgan fingerprint density at radius 1 is 1.50 bits per heavy atom. The number of hydrogen-bond donors (Lipinski definition) is 4. The molecule has 4 nitrogen and oxygen atoms in total. The monoisotopic (exact) mass is 147 g/mol. The summed E-state index contributed by atoms with van der Waals surface area (Å²) in [5, 5.41) is 30.0. The normalized spacial score (nSPS) is 43.8. The van der Waals surface area contributed by atoms with E-state index in [-0.39, 0.29) is 6.04 Å². The lowest BCUT2D eigenvalue weighted by Gasteiger charge is -2.18. The van der Waals surface area contributed by atoms with Crippen LogP contribution in [0.3, 0.4) is 0 Å². The van der Waals surface area contributed by atoms with Gasteiger partial charge < -0.3 is 20.6 Å². The molecular formula is C6H13NO3. The van der Waals surface area contributed by atoms with Crippen molar-refractivity contribution in [3.63, 3.8) is 0 Å². The Kier molecular flexibility index (Phi) is 2.25. The van der Waals surface area contributed by atoms with Crippen molar-refractivity contribution in [2.45, 2.75) is 31.3 Å². The summed E-state index contributed by atoms with van der Waals surface area (Å²) in [7, 11) is 0. The van der Waals surface area contributed by atoms with Crippen LogP contribution in [0.2, 0.25) is 0 Å². The predicted molar refractivity (Wildman–Crippen MR) is 35.5 cm³/mol. The molecule has 1 rings (SSSR count). The Bertz CT molecular complexity index is 118. The number of hydrogen-bond acceptors (Lipinski definition) is 4. The minimum atomic E-state index is -0.833. The minimum absolute atomic E-state index is 0.358. The molecular weight excluding hydrogens is 134 g/mol. The summed E-state index contributed by atoms with van der Waals surface area (Å²) in [5.41, 5.74) is 0. The largest absolute Gasteiger partial charge is 0.392 e. The summed E-state index contributed by atoms with van der Waals surface area (Å²) in [5.74, 6) is 0. The molecule has 0 aliphatic carbocycles. The van der Waals surface area contributed by atoms with Crippen LogP contribution in [-0.2, 0) is 0 Å². The van der Waals surface area contributed by atoms with E-state index in [1.807, 2.05) is 0 Å². The Morgan fingerprint density at radius 3 is 2.30 bits per heavy atom. The molecule has 0 spiro atoms. The van der Waals surface area contributed by atoms with E-state index in [0.717, 1.165) is 0 Å². The lowest BCUT2D eigenvalue weighted by Crippen LogP contribution is -2.41. The van der Waals surface area contributed by atoms with Gasteiger partial charge in [-0.2, -0.15) is 0 Å². The molecule has 0 radical (unpaired) electrons. The Labute approximate surface area is 59.5 Å². The average molecular weight is 147 g/mol. The first-order valence-electron chi connectivity index (χ1n) is 3.40. The number of rotatable bonds is 1. The van der Waals surface area contributed by atoms with Gasteiger partial charge in [0.2, 0.25) is 0 Å². The zero-order valence-electron chi connectivity index (χ0n) is 5.86. The fourth-order valence-corrected chi connectivity index (χ4v) is 1.19. The van der Waals surface area contributed by atoms with Crippen molar-refractivity contribution in [1.29, 1.82) is 0 Å². The molecule has 0 bridgehead atoms. The fraction of sp³-hybridized carbons (Fsp3) is 1.00. The molecule has 10 heavy (non-hydrogen) atoms. The summed E-state index contributed by atoms with van der Waals surface area (Å²) in [6.07, 6.45) is -2.19. The van der Waals surface area contributed by atoms with E-state index in [1.165, 1.54) is 0 Å². The van der Waals surface area contributed by atoms with E-state index in [4.69, 9.17) is 15.3 Å². The molecule has 0 amide bonds. The molecule has 1 aliphatic rings. The second-order valence-corrected chi connectivity index (χ2v) is 2.73. The van der Waals surface area contributed by atoms with Crippen LogP contribution in [0.25, 0.3) is 0 Å². The van der Waals surface area contributed by atoms with Crippen LogP contribution in [-0.4, -0.2) is 46.2 Å². The maximum absolute atomic E-state index is 9.16. The molecule has 0 aromatic heterocycles. The fourth-order valence-electron chi connectivity index (χ4n) is 1.19. The first-order valence-corrected chi connectivity index (χ1v) is 3.40. The van der Waals surface area contributed by atoms with Crippen molar-refractivity contribution < 1.29 is 15.3 Å². The summed E-state index contributed by atoms with van der Waals surface area (Å²) in [6.45, 7) is 1.94. The lowest BCUT2D eigenvalue weighted by atomic mass is 10.1. The quantitative estimate of drug-likeness (QED) is 0.348. The minimum Gasteiger partial charge on any atom is -0.392 e. The van der Waals surface area contributed by atoms with Gasteiger partial charge >= 0.3 is 0 Å². The van der Waals surface area contributed by atoms with Gasteiger partial charge in [-0.05, 0) is 6.92 Å². The summed E-state index contributed by atoms with van der Waals surface area (Å²) in [6, 6.07) is -0.380. The third kappa shape index (κ3) is 1.29. The highest BCUT2D eigenvalue weighted by Gasteiger charge is 2.35. The predicted octanol–water partition coefficient (Wildman–Crippen LogP) is -1.94. The van der Waals surface area contributed by atoms with Gasteiger partial charge in [0.15, 0.2) is 0 Å². The highest BCUT2D eigenvalue weighted by molar-refractivity contribution is 4.92. The zero-order valence-corrected chi connectivity index (χ0v) is 5.86. The van der Waals surface area contributed by atoms with Gasteiger partial charge in [-0.25, -0.2) is 0 Å². The highest BCUT2D eigenvalue weighted by Crippen LogP contribution is 2.10. The molecule has 1 saturated heterocycles. The van der Waals surface area contributed by atoms with Crippen LogP contribution in [0.4, 0.5) is 0 Å². The molecule has 0 aromatic carbocycles. The lowest BCUT2D eigenvalue weighted by molar-refractivity contribution is 0.0114. The Hall–Kier alpha value is -0.160. The van der Waals surface area contributed by atoms with E-state index in [0.29, 0.717) is 6.54 Å². The summed E-state index contributed by atoms with van der Waals surface area (Å²) in [4.78, 5) is 0. The molecule has 0 saturated carbocycles. The van der Waals surface area contributed by atoms with Gasteiger partial charge in [0.25, 0.3) is 0 Å². The second-order valence-electron chi connectivity index (χ2n) is 2.73. The van der Waals surface area contributed by atoms with Crippen LogP contribution in [0, 0.1) is 0 Å². The maximum Gasteiger partial charge on any atom is 0.0989 e. The van der Waals surface area contributed by atoms with Crippen LogP contribution in [0.1, 0.15) is 6.92 Å². The van der Waals surface area contributed by atoms with Gasteiger partial charge in [-0.3, -0.25) is 0 Å². The second kappa shape index (κ2) is 2.84. The van der Waals surface area contributed by atoms with E-state index in [1.54, 1.807) is 6.92 Å². The number of aliphatic hydroxyl groups excluding tert-OH is 3. The molecule has 4 N–H and O–H groups in total. The Morgan fingerprint density at radius 2 is 2.10 bits per heavy atom. The molecule has 1 fully saturated rings. The molecule has 4 atom stereocenters. The number of nitrogens with one attached hydrogen (secondary N) is 1. The molecule has 0 aromatic rings. The standard InChI is InChI=1S/C6H13NO3/c1-3(8)5-6(10)4(9)2-7-5/h3-10H,2H2,1H3/t3-,4?,5?,6?/m1/s1. The van der Waals surface area contributed by atoms with Gasteiger partial charge in [0.05, 0.1) is 24.4 Å². The molecule has 1 heterocycles. The molecule has 4 heteroatoms. The highest BCUT2D eigenvalue weighted by atomic mass is 16.3. The average Bonchev–Trinajstić information content (AvgIpc) is 2.14. The van der Waals surface area contributed by atoms with Gasteiger partial charge in [-0.1, -0.05) is 0 Å². The van der Waals surface area contributed by atoms with E-state index >= 15 is 0 Å². The number of aliphatic hydroxyl groups is 3. The van der Waals surface area contributed by atoms with Crippen LogP contribution in [0.5, 0.6) is 0 Å². The van der Waals surface area contributed by atoms with Gasteiger partial charge in [0, 0.05) is 6.54 Å². The van der Waals surface area contributed by atoms with Gasteiger partial charge in [-0.15, -0.1) is 0 Å². The van der Waals surface area contributed by atoms with Crippen molar-refractivity contribution in [2.24, 2.45) is 0 Å². The maximum atomic E-state index is 9.16. The van der Waals surface area contributed by atoms with Crippen LogP contribution >= 0.6 is 0 Å². The van der Waals surface area contributed by atoms with Gasteiger partial charge in [0.1, 0.15) is 0 Å². The van der Waals surface area contributed by atoms with Crippen LogP contribution in [0.15, 0.2) is 0 Å². The van der Waals surface area contributed by atoms with Crippen molar-refractivity contribution in [2.75, 3.05) is 6.54 Å². The summed E-state index contributed by atoms with van der Waals surface area (Å²) >= 11 is 0. The molecule has 60 valence electrons. The first kappa shape index (κ1) is 7.94. The Balaban J connectivity index is 2.49. The smallest absolute Gasteiger partial charge is 0.0989 e. The summed E-state index contributed by atoms with van der Waals surface area (Å²) < 4.78 is 0. The van der Waals surface area contributed by atoms with E-state index < -0.39 is 18.3 Å². The molecule has 1 aliphatic heterocycles. The molecule has 3 unspecified atom stereocenters. The van der Waals surface area contributed by atoms with Crippen LogP contribution < -0.4 is 5.32 Å². The number of β-amino-alcohol motifs (C(OH)–C–C–N with tert-alkyl or cyclic N) is 1. The van der Waals surface area contributed by atoms with Crippen molar-refractivity contribution in [1.82, 2.24) is 5.32 Å². The third-order valence-corrected chi connectivity index (χ3v) is 1.84. The van der Waals surface area contributed by atoms with Crippen molar-refractivity contribution in [3.8, 4) is 0 Å². The van der Waals surface area contributed by atoms with Crippen molar-refractivity contribution in [3.05, 3.63) is 0 Å². The third-order valence-electron chi connectivity index (χ3n) is 1.84. The zero-order chi connectivity index (χ0) is 7.72. The van der Waals surface area contributed by atoms with Crippen molar-refractivity contribution >= 4 is 0 Å². The topological polar surface area (TPSA) is 72.7 Å². The SMILES string of the molecule is C[C@@H](O)C1NCC(O)C1O.